The van der Waals surface area contributed by atoms with E-state index in [2.05, 4.69) is 38.2 Å². The van der Waals surface area contributed by atoms with Crippen LogP contribution in [0.3, 0.4) is 0 Å². The van der Waals surface area contributed by atoms with E-state index < -0.39 is 0 Å². The van der Waals surface area contributed by atoms with Gasteiger partial charge in [-0.25, -0.2) is 0 Å². The summed E-state index contributed by atoms with van der Waals surface area (Å²) in [5, 5.41) is 3.48. The van der Waals surface area contributed by atoms with Crippen LogP contribution in [0.5, 0.6) is 0 Å². The lowest BCUT2D eigenvalue weighted by molar-refractivity contribution is 0.899. The van der Waals surface area contributed by atoms with Gasteiger partial charge in [0.1, 0.15) is 0 Å². The predicted molar refractivity (Wildman–Crippen MR) is 65.2 cm³/mol. The van der Waals surface area contributed by atoms with E-state index in [9.17, 15) is 0 Å². The molecule has 0 aliphatic carbocycles. The molecule has 1 aromatic carbocycles. The third kappa shape index (κ3) is 1.79. The summed E-state index contributed by atoms with van der Waals surface area (Å²) in [6.45, 7) is 6.60. The third-order valence-electron chi connectivity index (χ3n) is 2.89. The summed E-state index contributed by atoms with van der Waals surface area (Å²) in [6, 6.07) is 5.13. The van der Waals surface area contributed by atoms with Crippen LogP contribution in [0.4, 0.5) is 5.69 Å². The highest BCUT2D eigenvalue weighted by molar-refractivity contribution is 6.56. The Morgan fingerprint density at radius 3 is 2.86 bits per heavy atom. The maximum absolute atomic E-state index is 3.48. The molecule has 0 saturated heterocycles. The van der Waals surface area contributed by atoms with Gasteiger partial charge in [-0.15, -0.1) is 0 Å². The molecule has 0 unspecified atom stereocenters. The topological polar surface area (TPSA) is 12.0 Å². The number of aryl methyl sites for hydroxylation is 2. The summed E-state index contributed by atoms with van der Waals surface area (Å²) < 4.78 is 0. The summed E-state index contributed by atoms with van der Waals surface area (Å²) in [4.78, 5) is 0. The van der Waals surface area contributed by atoms with Crippen molar-refractivity contribution < 1.29 is 0 Å². The van der Waals surface area contributed by atoms with Gasteiger partial charge >= 0.3 is 0 Å². The van der Waals surface area contributed by atoms with Crippen molar-refractivity contribution in [2.24, 2.45) is 0 Å². The van der Waals surface area contributed by atoms with Crippen molar-refractivity contribution in [2.45, 2.75) is 39.6 Å². The van der Waals surface area contributed by atoms with Crippen LogP contribution in [-0.2, 0) is 6.42 Å². The van der Waals surface area contributed by atoms with Gasteiger partial charge in [-0.3, -0.25) is 0 Å². The van der Waals surface area contributed by atoms with Crippen molar-refractivity contribution in [3.8, 4) is 0 Å². The largest absolute Gasteiger partial charge is 0.383 e. The lowest BCUT2D eigenvalue weighted by Crippen LogP contribution is -2.17. The van der Waals surface area contributed by atoms with E-state index in [1.165, 1.54) is 31.3 Å². The van der Waals surface area contributed by atoms with Crippen molar-refractivity contribution in [3.05, 3.63) is 23.3 Å². The maximum Gasteiger partial charge on any atom is 0.158 e. The van der Waals surface area contributed by atoms with Crippen LogP contribution in [0, 0.1) is 6.92 Å². The molecule has 0 fully saturated rings. The lowest BCUT2D eigenvalue weighted by atomic mass is 9.70. The number of anilines is 1. The van der Waals surface area contributed by atoms with Crippen LogP contribution in [0.15, 0.2) is 12.1 Å². The second-order valence-electron chi connectivity index (χ2n) is 4.58. The molecular formula is C12H18BN. The molecule has 1 aliphatic heterocycles. The first-order valence-electron chi connectivity index (χ1n) is 5.56. The third-order valence-corrected chi connectivity index (χ3v) is 2.89. The van der Waals surface area contributed by atoms with Gasteiger partial charge in [-0.1, -0.05) is 22.9 Å². The number of hydrogen-bond donors (Lipinski definition) is 1. The maximum atomic E-state index is 3.48. The van der Waals surface area contributed by atoms with Gasteiger partial charge in [-0.05, 0) is 39.3 Å². The average molecular weight is 187 g/mol. The summed E-state index contributed by atoms with van der Waals surface area (Å²) in [5.41, 5.74) is 5.91. The predicted octanol–water partition coefficient (Wildman–Crippen LogP) is 1.85. The summed E-state index contributed by atoms with van der Waals surface area (Å²) in [7, 11) is 1.28. The van der Waals surface area contributed by atoms with Crippen molar-refractivity contribution in [3.63, 3.8) is 0 Å². The molecule has 74 valence electrons. The Morgan fingerprint density at radius 2 is 2.14 bits per heavy atom. The number of nitrogens with one attached hydrogen (secondary N) is 1. The van der Waals surface area contributed by atoms with E-state index in [4.69, 9.17) is 0 Å². The van der Waals surface area contributed by atoms with Gasteiger partial charge in [0.05, 0.1) is 0 Å². The van der Waals surface area contributed by atoms with Gasteiger partial charge in [0.15, 0.2) is 7.28 Å². The van der Waals surface area contributed by atoms with Crippen LogP contribution in [0.25, 0.3) is 0 Å². The zero-order chi connectivity index (χ0) is 10.1. The number of benzene rings is 1. The zero-order valence-electron chi connectivity index (χ0n) is 9.35. The van der Waals surface area contributed by atoms with Gasteiger partial charge in [0.25, 0.3) is 0 Å². The van der Waals surface area contributed by atoms with Gasteiger partial charge < -0.3 is 5.32 Å². The molecule has 2 heteroatoms. The standard InChI is InChI=1S/C12H18BN/c1-8(2)14-11-6-9(3)12-10(7-11)4-5-13-12/h6-8,13-14H,4-5H2,1-3H3. The minimum Gasteiger partial charge on any atom is -0.383 e. The fraction of sp³-hybridized carbons (Fsp3) is 0.500. The van der Waals surface area contributed by atoms with Crippen molar-refractivity contribution in [1.29, 1.82) is 0 Å². The first-order valence-corrected chi connectivity index (χ1v) is 5.56. The minimum atomic E-state index is 0.522. The van der Waals surface area contributed by atoms with E-state index in [0.717, 1.165) is 0 Å². The first-order chi connectivity index (χ1) is 6.66. The smallest absolute Gasteiger partial charge is 0.158 e. The molecule has 14 heavy (non-hydrogen) atoms. The quantitative estimate of drug-likeness (QED) is 0.696. The molecular weight excluding hydrogens is 169 g/mol. The molecule has 0 atom stereocenters. The Balaban J connectivity index is 2.32. The second kappa shape index (κ2) is 3.68. The molecule has 1 nitrogen and oxygen atoms in total. The molecule has 0 bridgehead atoms. The van der Waals surface area contributed by atoms with Gasteiger partial charge in [0.2, 0.25) is 0 Å². The molecule has 2 rings (SSSR count). The number of hydrogen-bond acceptors (Lipinski definition) is 1. The Kier molecular flexibility index (Phi) is 2.53. The van der Waals surface area contributed by atoms with E-state index >= 15 is 0 Å². The first kappa shape index (κ1) is 9.63. The van der Waals surface area contributed by atoms with Crippen LogP contribution < -0.4 is 10.8 Å². The van der Waals surface area contributed by atoms with Gasteiger partial charge in [-0.2, -0.15) is 0 Å². The Bertz CT molecular complexity index is 344. The SMILES string of the molecule is Cc1cc(NC(C)C)cc2c1BCC2. The van der Waals surface area contributed by atoms with Crippen LogP contribution in [0.2, 0.25) is 6.32 Å². The van der Waals surface area contributed by atoms with Crippen LogP contribution in [-0.4, -0.2) is 13.3 Å². The molecule has 0 aromatic heterocycles. The molecule has 1 heterocycles. The van der Waals surface area contributed by atoms with E-state index in [0.29, 0.717) is 6.04 Å². The molecule has 0 radical (unpaired) electrons. The van der Waals surface area contributed by atoms with Crippen molar-refractivity contribution >= 4 is 18.4 Å². The van der Waals surface area contributed by atoms with Crippen LogP contribution in [0.1, 0.15) is 25.0 Å². The van der Waals surface area contributed by atoms with E-state index in [1.54, 1.807) is 11.0 Å². The molecule has 1 aliphatic rings. The summed E-state index contributed by atoms with van der Waals surface area (Å²) >= 11 is 0. The molecule has 1 aromatic rings. The van der Waals surface area contributed by atoms with Crippen molar-refractivity contribution in [2.75, 3.05) is 5.32 Å². The fourth-order valence-corrected chi connectivity index (χ4v) is 2.34. The van der Waals surface area contributed by atoms with E-state index in [1.807, 2.05) is 0 Å². The average Bonchev–Trinajstić information content (AvgIpc) is 2.50. The monoisotopic (exact) mass is 187 g/mol. The lowest BCUT2D eigenvalue weighted by Gasteiger charge is -2.13. The molecule has 1 N–H and O–H groups in total. The summed E-state index contributed by atoms with van der Waals surface area (Å²) in [6.07, 6.45) is 2.60. The Morgan fingerprint density at radius 1 is 1.36 bits per heavy atom. The fourth-order valence-electron chi connectivity index (χ4n) is 2.34. The van der Waals surface area contributed by atoms with Gasteiger partial charge in [0, 0.05) is 11.7 Å². The Hall–Kier alpha value is -0.915. The molecule has 0 spiro atoms. The molecule has 0 saturated carbocycles. The highest BCUT2D eigenvalue weighted by Crippen LogP contribution is 2.18. The highest BCUT2D eigenvalue weighted by atomic mass is 14.9. The van der Waals surface area contributed by atoms with Crippen molar-refractivity contribution in [1.82, 2.24) is 0 Å². The second-order valence-corrected chi connectivity index (χ2v) is 4.58. The minimum absolute atomic E-state index is 0.522. The molecule has 0 amide bonds. The number of fused-ring (bicyclic) bond motifs is 1. The van der Waals surface area contributed by atoms with E-state index in [-0.39, 0.29) is 0 Å². The summed E-state index contributed by atoms with van der Waals surface area (Å²) in [5.74, 6) is 0. The number of rotatable bonds is 2. The highest BCUT2D eigenvalue weighted by Gasteiger charge is 2.15. The normalized spacial score (nSPS) is 14.0. The van der Waals surface area contributed by atoms with Crippen LogP contribution >= 0.6 is 0 Å². The zero-order valence-corrected chi connectivity index (χ0v) is 9.35. The Labute approximate surface area is 87.2 Å².